The molecule has 8 nitrogen and oxygen atoms in total. The van der Waals surface area contributed by atoms with E-state index in [2.05, 4.69) is 10.6 Å². The van der Waals surface area contributed by atoms with Crippen molar-refractivity contribution in [1.29, 1.82) is 0 Å². The number of fused-ring (bicyclic) bond motifs is 1. The molecule has 0 saturated carbocycles. The van der Waals surface area contributed by atoms with Crippen molar-refractivity contribution >= 4 is 40.9 Å². The first-order chi connectivity index (χ1) is 18.5. The molecule has 0 radical (unpaired) electrons. The number of nitrogens with zero attached hydrogens (tertiary/aromatic N) is 3. The number of aromatic nitrogens is 3. The van der Waals surface area contributed by atoms with Crippen molar-refractivity contribution in [1.82, 2.24) is 14.8 Å². The predicted octanol–water partition coefficient (Wildman–Crippen LogP) is 6.17. The van der Waals surface area contributed by atoms with Crippen molar-refractivity contribution in [3.8, 4) is 11.5 Å². The zero-order valence-electron chi connectivity index (χ0n) is 21.1. The molecule has 0 aliphatic carbocycles. The van der Waals surface area contributed by atoms with Gasteiger partial charge >= 0.3 is 0 Å². The molecule has 4 aromatic rings. The summed E-state index contributed by atoms with van der Waals surface area (Å²) in [5, 5.41) is 12.3. The number of thioether (sulfide) groups is 1. The zero-order valence-corrected chi connectivity index (χ0v) is 22.6. The first kappa shape index (κ1) is 25.7. The van der Waals surface area contributed by atoms with E-state index in [-0.39, 0.29) is 5.91 Å². The maximum absolute atomic E-state index is 13.7. The first-order valence-corrected chi connectivity index (χ1v) is 13.2. The van der Waals surface area contributed by atoms with Gasteiger partial charge in [0.1, 0.15) is 6.04 Å². The summed E-state index contributed by atoms with van der Waals surface area (Å²) in [5.74, 6) is 2.06. The molecule has 0 saturated heterocycles. The standard InChI is InChI=1S/C28H26ClN5O3S/c1-17-24(26(35)31-20-10-5-4-6-11-20)25(18-13-14-22(36-2)23(15-18)37-3)34-27(30-17)32-28(33-34)38-16-19-9-7-8-12-21(19)29/h4-15,25H,16H2,1-3H3,(H,31,35)(H,30,32,33). The van der Waals surface area contributed by atoms with Crippen molar-refractivity contribution in [3.63, 3.8) is 0 Å². The molecule has 0 fully saturated rings. The fourth-order valence-corrected chi connectivity index (χ4v) is 5.41. The molecule has 1 amide bonds. The Bertz CT molecular complexity index is 1510. The number of ether oxygens (including phenoxy) is 2. The second-order valence-corrected chi connectivity index (χ2v) is 9.89. The number of nitrogens with one attached hydrogen (secondary N) is 2. The topological polar surface area (TPSA) is 90.3 Å². The van der Waals surface area contributed by atoms with Crippen molar-refractivity contribution in [2.45, 2.75) is 23.9 Å². The van der Waals surface area contributed by atoms with E-state index < -0.39 is 6.04 Å². The molecule has 1 aliphatic rings. The number of para-hydroxylation sites is 1. The number of methoxy groups -OCH3 is 2. The smallest absolute Gasteiger partial charge is 0.255 e. The maximum atomic E-state index is 13.7. The summed E-state index contributed by atoms with van der Waals surface area (Å²) in [6, 6.07) is 22.1. The molecule has 1 aliphatic heterocycles. The highest BCUT2D eigenvalue weighted by molar-refractivity contribution is 7.98. The number of rotatable bonds is 8. The molecule has 194 valence electrons. The Morgan fingerprint density at radius 1 is 1.05 bits per heavy atom. The summed E-state index contributed by atoms with van der Waals surface area (Å²) >= 11 is 7.82. The van der Waals surface area contributed by atoms with Gasteiger partial charge < -0.3 is 20.1 Å². The Labute approximate surface area is 230 Å². The number of amides is 1. The van der Waals surface area contributed by atoms with Crippen LogP contribution in [0.25, 0.3) is 0 Å². The normalized spacial score (nSPS) is 14.5. The largest absolute Gasteiger partial charge is 0.493 e. The van der Waals surface area contributed by atoms with Gasteiger partial charge in [0.05, 0.1) is 19.8 Å². The van der Waals surface area contributed by atoms with Gasteiger partial charge in [0.2, 0.25) is 11.1 Å². The molecule has 5 rings (SSSR count). The number of carbonyl (C=O) groups excluding carboxylic acids is 1. The van der Waals surface area contributed by atoms with Crippen molar-refractivity contribution < 1.29 is 14.3 Å². The van der Waals surface area contributed by atoms with Crippen LogP contribution < -0.4 is 20.1 Å². The maximum Gasteiger partial charge on any atom is 0.255 e. The lowest BCUT2D eigenvalue weighted by atomic mass is 9.94. The summed E-state index contributed by atoms with van der Waals surface area (Å²) in [4.78, 5) is 18.4. The van der Waals surface area contributed by atoms with Crippen molar-refractivity contribution in [3.05, 3.63) is 100 Å². The Morgan fingerprint density at radius 2 is 1.79 bits per heavy atom. The van der Waals surface area contributed by atoms with Crippen molar-refractivity contribution in [2.24, 2.45) is 0 Å². The summed E-state index contributed by atoms with van der Waals surface area (Å²) in [6.45, 7) is 1.86. The van der Waals surface area contributed by atoms with E-state index in [1.54, 1.807) is 18.9 Å². The molecule has 1 atom stereocenters. The lowest BCUT2D eigenvalue weighted by molar-refractivity contribution is -0.113. The van der Waals surface area contributed by atoms with Crippen LogP contribution in [0.5, 0.6) is 11.5 Å². The number of hydrogen-bond acceptors (Lipinski definition) is 7. The van der Waals surface area contributed by atoms with Gasteiger partial charge in [-0.25, -0.2) is 4.68 Å². The molecule has 1 aromatic heterocycles. The van der Waals surface area contributed by atoms with Gasteiger partial charge in [-0.05, 0) is 48.4 Å². The van der Waals surface area contributed by atoms with Crippen LogP contribution in [0, 0.1) is 0 Å². The van der Waals surface area contributed by atoms with E-state index in [0.717, 1.165) is 11.1 Å². The first-order valence-electron chi connectivity index (χ1n) is 11.9. The predicted molar refractivity (Wildman–Crippen MR) is 150 cm³/mol. The fourth-order valence-electron chi connectivity index (χ4n) is 4.30. The van der Waals surface area contributed by atoms with Crippen LogP contribution >= 0.6 is 23.4 Å². The average Bonchev–Trinajstić information content (AvgIpc) is 3.34. The Morgan fingerprint density at radius 3 is 2.53 bits per heavy atom. The monoisotopic (exact) mass is 547 g/mol. The molecular formula is C28H26ClN5O3S. The second kappa shape index (κ2) is 11.2. The van der Waals surface area contributed by atoms with E-state index in [1.165, 1.54) is 11.8 Å². The summed E-state index contributed by atoms with van der Waals surface area (Å²) < 4.78 is 12.7. The van der Waals surface area contributed by atoms with E-state index in [1.807, 2.05) is 79.7 Å². The third kappa shape index (κ3) is 5.20. The summed E-state index contributed by atoms with van der Waals surface area (Å²) in [5.41, 5.74) is 3.69. The van der Waals surface area contributed by atoms with Crippen LogP contribution in [0.15, 0.2) is 89.2 Å². The Kier molecular flexibility index (Phi) is 7.57. The number of anilines is 2. The highest BCUT2D eigenvalue weighted by Crippen LogP contribution is 2.40. The van der Waals surface area contributed by atoms with Crippen molar-refractivity contribution in [2.75, 3.05) is 24.9 Å². The molecule has 2 heterocycles. The second-order valence-electron chi connectivity index (χ2n) is 8.54. The minimum atomic E-state index is -0.558. The molecule has 0 spiro atoms. The molecule has 38 heavy (non-hydrogen) atoms. The number of hydrogen-bond donors (Lipinski definition) is 2. The van der Waals surface area contributed by atoms with E-state index in [4.69, 9.17) is 31.2 Å². The number of carbonyl (C=O) groups is 1. The number of allylic oxidation sites excluding steroid dienone is 1. The van der Waals surface area contributed by atoms with Crippen LogP contribution in [0.4, 0.5) is 11.6 Å². The van der Waals surface area contributed by atoms with Crippen LogP contribution in [0.2, 0.25) is 5.02 Å². The SMILES string of the molecule is COc1ccc(C2C(C(=O)Nc3ccccc3)=C(C)Nc3nc(SCc4ccccc4Cl)nn32)cc1OC. The van der Waals surface area contributed by atoms with E-state index in [9.17, 15) is 4.79 Å². The molecular weight excluding hydrogens is 522 g/mol. The molecule has 3 aromatic carbocycles. The van der Waals surface area contributed by atoms with Gasteiger partial charge in [0.25, 0.3) is 5.91 Å². The third-order valence-corrected chi connectivity index (χ3v) is 7.40. The van der Waals surface area contributed by atoms with Crippen LogP contribution in [-0.2, 0) is 10.5 Å². The number of halogens is 1. The summed E-state index contributed by atoms with van der Waals surface area (Å²) in [7, 11) is 3.17. The minimum Gasteiger partial charge on any atom is -0.493 e. The van der Waals surface area contributed by atoms with Gasteiger partial charge in [-0.3, -0.25) is 4.79 Å². The molecule has 1 unspecified atom stereocenters. The van der Waals surface area contributed by atoms with E-state index >= 15 is 0 Å². The lowest BCUT2D eigenvalue weighted by Gasteiger charge is -2.29. The average molecular weight is 548 g/mol. The highest BCUT2D eigenvalue weighted by Gasteiger charge is 2.35. The molecule has 0 bridgehead atoms. The number of benzene rings is 3. The van der Waals surface area contributed by atoms with Crippen LogP contribution in [0.1, 0.15) is 24.1 Å². The third-order valence-electron chi connectivity index (χ3n) is 6.15. The Hall–Kier alpha value is -3.95. The van der Waals surface area contributed by atoms with E-state index in [0.29, 0.717) is 50.3 Å². The Balaban J connectivity index is 1.54. The van der Waals surface area contributed by atoms with Gasteiger partial charge in [0, 0.05) is 22.2 Å². The quantitative estimate of drug-likeness (QED) is 0.255. The van der Waals surface area contributed by atoms with Gasteiger partial charge in [0.15, 0.2) is 11.5 Å². The minimum absolute atomic E-state index is 0.243. The highest BCUT2D eigenvalue weighted by atomic mass is 35.5. The molecule has 10 heteroatoms. The van der Waals surface area contributed by atoms with Gasteiger partial charge in [-0.1, -0.05) is 65.8 Å². The molecule has 2 N–H and O–H groups in total. The van der Waals surface area contributed by atoms with Gasteiger partial charge in [-0.15, -0.1) is 5.10 Å². The van der Waals surface area contributed by atoms with Crippen LogP contribution in [0.3, 0.4) is 0 Å². The zero-order chi connectivity index (χ0) is 26.6. The fraction of sp³-hybridized carbons (Fsp3) is 0.179. The summed E-state index contributed by atoms with van der Waals surface area (Å²) in [6.07, 6.45) is 0. The van der Waals surface area contributed by atoms with Gasteiger partial charge in [-0.2, -0.15) is 4.98 Å². The lowest BCUT2D eigenvalue weighted by Crippen LogP contribution is -2.31. The van der Waals surface area contributed by atoms with Crippen LogP contribution in [-0.4, -0.2) is 34.9 Å².